The number of unbranched alkanes of at least 4 members (excludes halogenated alkanes) is 2. The number of aliphatic hydroxyl groups excluding tert-OH is 1. The van der Waals surface area contributed by atoms with Crippen molar-refractivity contribution < 1.29 is 5.11 Å². The Kier molecular flexibility index (Phi) is 102. The zero-order valence-electron chi connectivity index (χ0n) is 4.48. The Morgan fingerprint density at radius 1 is 1.00 bits per heavy atom. The molecule has 0 amide bonds. The Morgan fingerprint density at radius 2 is 1.40 bits per heavy atom. The number of hydrogen-bond acceptors (Lipinski definition) is 1. The van der Waals surface area contributed by atoms with E-state index in [1.807, 2.05) is 0 Å². The summed E-state index contributed by atoms with van der Waals surface area (Å²) in [6.07, 6.45) is 2.90. The van der Waals surface area contributed by atoms with E-state index in [4.69, 9.17) is 5.11 Å². The molecule has 1 N–H and O–H groups in total. The van der Waals surface area contributed by atoms with Crippen molar-refractivity contribution in [2.75, 3.05) is 6.61 Å². The van der Waals surface area contributed by atoms with Crippen LogP contribution in [0.25, 0.3) is 0 Å². The van der Waals surface area contributed by atoms with E-state index in [-0.39, 0.29) is 46.2 Å². The van der Waals surface area contributed by atoms with Gasteiger partial charge in [-0.05, 0) is 6.42 Å². The summed E-state index contributed by atoms with van der Waals surface area (Å²) >= 11 is 0. The van der Waals surface area contributed by atoms with E-state index in [1.54, 1.807) is 0 Å². The minimum Gasteiger partial charge on any atom is -0.396 e. The van der Waals surface area contributed by atoms with Crippen LogP contribution >= 0.6 is 0 Å². The maximum Gasteiger partial charge on any atom is 0.0431 e. The Hall–Kier alpha value is 0.759. The summed E-state index contributed by atoms with van der Waals surface area (Å²) in [5.41, 5.74) is 0. The van der Waals surface area contributed by atoms with E-state index >= 15 is 0 Å². The van der Waals surface area contributed by atoms with Gasteiger partial charge in [-0.3, -0.25) is 0 Å². The maximum atomic E-state index is 8.17. The second kappa shape index (κ2) is 33.1. The standard InChI is InChI=1S/C5H11O.3CH4.Sn/c1-2-3-4-5-6;;;;/h6H,1-5H2;3*1H4;. The predicted molar refractivity (Wildman–Crippen MR) is 52.2 cm³/mol. The maximum absolute atomic E-state index is 8.17. The molecule has 0 aliphatic heterocycles. The molecule has 0 rings (SSSR count). The molecular weight excluding hydrogens is 231 g/mol. The molecule has 0 fully saturated rings. The van der Waals surface area contributed by atoms with Gasteiger partial charge in [0.1, 0.15) is 0 Å². The van der Waals surface area contributed by atoms with Crippen molar-refractivity contribution >= 4 is 23.9 Å². The predicted octanol–water partition coefficient (Wildman–Crippen LogP) is 2.51. The molecule has 2 heteroatoms. The van der Waals surface area contributed by atoms with Crippen LogP contribution in [0.1, 0.15) is 41.5 Å². The summed E-state index contributed by atoms with van der Waals surface area (Å²) in [7, 11) is 0. The van der Waals surface area contributed by atoms with Gasteiger partial charge in [-0.25, -0.2) is 0 Å². The fourth-order valence-corrected chi connectivity index (χ4v) is 0.289. The minimum atomic E-state index is 0. The molecule has 0 unspecified atom stereocenters. The molecule has 0 aromatic heterocycles. The summed E-state index contributed by atoms with van der Waals surface area (Å²) in [6.45, 7) is 3.93. The van der Waals surface area contributed by atoms with Crippen molar-refractivity contribution in [1.29, 1.82) is 0 Å². The van der Waals surface area contributed by atoms with Gasteiger partial charge < -0.3 is 5.11 Å². The molecule has 65 valence electrons. The first-order chi connectivity index (χ1) is 2.91. The van der Waals surface area contributed by atoms with Crippen LogP contribution in [0.4, 0.5) is 0 Å². The smallest absolute Gasteiger partial charge is 0.0431 e. The van der Waals surface area contributed by atoms with E-state index in [0.717, 1.165) is 19.3 Å². The Morgan fingerprint density at radius 3 is 1.50 bits per heavy atom. The minimum absolute atomic E-state index is 0. The summed E-state index contributed by atoms with van der Waals surface area (Å²) in [4.78, 5) is 0. The summed E-state index contributed by atoms with van der Waals surface area (Å²) in [5.74, 6) is 0. The molecular formula is C8H23OSn. The van der Waals surface area contributed by atoms with Crippen LogP contribution < -0.4 is 0 Å². The molecule has 0 atom stereocenters. The van der Waals surface area contributed by atoms with Crippen molar-refractivity contribution in [1.82, 2.24) is 0 Å². The SMILES string of the molecule is C.C.C.[CH2]CCCCO.[Sn]. The third-order valence-electron chi connectivity index (χ3n) is 0.658. The molecule has 0 aromatic rings. The van der Waals surface area contributed by atoms with Gasteiger partial charge in [-0.1, -0.05) is 42.0 Å². The zero-order valence-corrected chi connectivity index (χ0v) is 7.34. The van der Waals surface area contributed by atoms with Gasteiger partial charge in [-0.2, -0.15) is 0 Å². The Labute approximate surface area is 84.2 Å². The molecule has 5 radical (unpaired) electrons. The Bertz CT molecular complexity index is 21.2. The van der Waals surface area contributed by atoms with E-state index in [0.29, 0.717) is 6.61 Å². The molecule has 0 aromatic carbocycles. The van der Waals surface area contributed by atoms with E-state index in [1.165, 1.54) is 0 Å². The fourth-order valence-electron chi connectivity index (χ4n) is 0.289. The van der Waals surface area contributed by atoms with Crippen LogP contribution in [-0.4, -0.2) is 35.6 Å². The van der Waals surface area contributed by atoms with Crippen LogP contribution in [-0.2, 0) is 0 Å². The zero-order chi connectivity index (χ0) is 4.83. The van der Waals surface area contributed by atoms with Crippen LogP contribution in [0, 0.1) is 6.92 Å². The molecule has 0 saturated carbocycles. The van der Waals surface area contributed by atoms with Gasteiger partial charge in [0.15, 0.2) is 0 Å². The molecule has 0 aliphatic carbocycles. The normalized spacial score (nSPS) is 5.40. The molecule has 0 aliphatic rings. The third-order valence-corrected chi connectivity index (χ3v) is 0.658. The number of aliphatic hydroxyl groups is 1. The molecule has 0 saturated heterocycles. The topological polar surface area (TPSA) is 20.2 Å². The molecule has 0 heterocycles. The number of rotatable bonds is 3. The number of hydrogen-bond donors (Lipinski definition) is 1. The van der Waals surface area contributed by atoms with Crippen molar-refractivity contribution in [2.45, 2.75) is 41.5 Å². The van der Waals surface area contributed by atoms with Crippen LogP contribution in [0.3, 0.4) is 0 Å². The molecule has 0 spiro atoms. The van der Waals surface area contributed by atoms with Gasteiger partial charge >= 0.3 is 0 Å². The van der Waals surface area contributed by atoms with E-state index in [9.17, 15) is 0 Å². The van der Waals surface area contributed by atoms with Crippen LogP contribution in [0.2, 0.25) is 0 Å². The summed E-state index contributed by atoms with van der Waals surface area (Å²) in [6, 6.07) is 0. The van der Waals surface area contributed by atoms with Crippen molar-refractivity contribution in [2.24, 2.45) is 0 Å². The Balaban J connectivity index is -0.0000000208. The first-order valence-electron chi connectivity index (χ1n) is 2.32. The van der Waals surface area contributed by atoms with Crippen molar-refractivity contribution in [3.8, 4) is 0 Å². The second-order valence-corrected chi connectivity index (χ2v) is 1.28. The van der Waals surface area contributed by atoms with E-state index < -0.39 is 0 Å². The van der Waals surface area contributed by atoms with E-state index in [2.05, 4.69) is 6.92 Å². The van der Waals surface area contributed by atoms with Crippen molar-refractivity contribution in [3.05, 3.63) is 6.92 Å². The first-order valence-corrected chi connectivity index (χ1v) is 2.32. The quantitative estimate of drug-likeness (QED) is 0.606. The van der Waals surface area contributed by atoms with Gasteiger partial charge in [0.25, 0.3) is 0 Å². The summed E-state index contributed by atoms with van der Waals surface area (Å²) in [5, 5.41) is 8.17. The van der Waals surface area contributed by atoms with Crippen molar-refractivity contribution in [3.63, 3.8) is 0 Å². The van der Waals surface area contributed by atoms with Gasteiger partial charge in [0.2, 0.25) is 0 Å². The van der Waals surface area contributed by atoms with Crippen LogP contribution in [0.15, 0.2) is 0 Å². The third kappa shape index (κ3) is 37.3. The summed E-state index contributed by atoms with van der Waals surface area (Å²) < 4.78 is 0. The molecule has 0 bridgehead atoms. The van der Waals surface area contributed by atoms with Gasteiger partial charge in [0.05, 0.1) is 0 Å². The van der Waals surface area contributed by atoms with Crippen LogP contribution in [0.5, 0.6) is 0 Å². The first kappa shape index (κ1) is 30.9. The average Bonchev–Trinajstić information content (AvgIpc) is 1.61. The second-order valence-electron chi connectivity index (χ2n) is 1.28. The largest absolute Gasteiger partial charge is 0.396 e. The fraction of sp³-hybridized carbons (Fsp3) is 0.875. The molecule has 1 nitrogen and oxygen atoms in total. The average molecular weight is 254 g/mol. The van der Waals surface area contributed by atoms with Gasteiger partial charge in [0, 0.05) is 30.5 Å². The monoisotopic (exact) mass is 255 g/mol. The van der Waals surface area contributed by atoms with Gasteiger partial charge in [-0.15, -0.1) is 0 Å². The molecule has 10 heavy (non-hydrogen) atoms.